The van der Waals surface area contributed by atoms with E-state index in [-0.39, 0.29) is 18.1 Å². The second-order valence-corrected chi connectivity index (χ2v) is 8.01. The zero-order chi connectivity index (χ0) is 19.1. The summed E-state index contributed by atoms with van der Waals surface area (Å²) in [4.78, 5) is 24.7. The van der Waals surface area contributed by atoms with Gasteiger partial charge in [-0.1, -0.05) is 0 Å². The van der Waals surface area contributed by atoms with E-state index in [0.717, 1.165) is 26.7 Å². The molecule has 2 aromatic heterocycles. The van der Waals surface area contributed by atoms with Gasteiger partial charge in [0.05, 0.1) is 47.3 Å². The average molecular weight is 382 g/mol. The summed E-state index contributed by atoms with van der Waals surface area (Å²) >= 11 is 1.63. The summed E-state index contributed by atoms with van der Waals surface area (Å²) in [6, 6.07) is 8.11. The van der Waals surface area contributed by atoms with Gasteiger partial charge in [-0.25, -0.2) is 9.37 Å². The number of carbonyl (C=O) groups is 1. The molecule has 0 spiro atoms. The number of hydrogen-bond acceptors (Lipinski definition) is 5. The molecule has 0 radical (unpaired) electrons. The summed E-state index contributed by atoms with van der Waals surface area (Å²) in [5.74, 6) is -0.308. The third kappa shape index (κ3) is 3.42. The van der Waals surface area contributed by atoms with Crippen molar-refractivity contribution in [3.8, 4) is 11.3 Å². The van der Waals surface area contributed by atoms with Crippen molar-refractivity contribution >= 4 is 22.9 Å². The third-order valence-electron chi connectivity index (χ3n) is 4.71. The Morgan fingerprint density at radius 2 is 2.04 bits per heavy atom. The van der Waals surface area contributed by atoms with Gasteiger partial charge in [0.1, 0.15) is 5.82 Å². The van der Waals surface area contributed by atoms with E-state index in [4.69, 9.17) is 5.73 Å². The van der Waals surface area contributed by atoms with E-state index in [1.54, 1.807) is 34.4 Å². The lowest BCUT2D eigenvalue weighted by atomic mass is 10.0. The second kappa shape index (κ2) is 6.74. The smallest absolute Gasteiger partial charge is 0.229 e. The average Bonchev–Trinajstić information content (AvgIpc) is 3.14. The van der Waals surface area contributed by atoms with Gasteiger partial charge in [0.15, 0.2) is 0 Å². The Hall–Kier alpha value is -2.80. The molecule has 0 bridgehead atoms. The Balaban J connectivity index is 1.55. The number of thiazole rings is 1. The van der Waals surface area contributed by atoms with Crippen molar-refractivity contribution in [3.05, 3.63) is 63.0 Å². The van der Waals surface area contributed by atoms with Crippen molar-refractivity contribution in [3.63, 3.8) is 0 Å². The molecule has 4 rings (SSSR count). The summed E-state index contributed by atoms with van der Waals surface area (Å²) in [6.07, 6.45) is 0.133. The number of benzene rings is 1. The van der Waals surface area contributed by atoms with Crippen LogP contribution >= 0.6 is 11.3 Å². The maximum atomic E-state index is 13.4. The Morgan fingerprint density at radius 1 is 1.22 bits per heavy atom. The minimum Gasteiger partial charge on any atom is -0.397 e. The van der Waals surface area contributed by atoms with Crippen LogP contribution in [-0.4, -0.2) is 20.8 Å². The van der Waals surface area contributed by atoms with Crippen molar-refractivity contribution in [2.24, 2.45) is 0 Å². The Labute approximate surface area is 160 Å². The van der Waals surface area contributed by atoms with Gasteiger partial charge in [-0.05, 0) is 49.7 Å². The number of pyridine rings is 1. The monoisotopic (exact) mass is 382 g/mol. The molecule has 0 atom stereocenters. The highest BCUT2D eigenvalue weighted by Gasteiger charge is 2.27. The van der Waals surface area contributed by atoms with Gasteiger partial charge >= 0.3 is 0 Å². The topological polar surface area (TPSA) is 72.1 Å². The molecule has 138 valence electrons. The SMILES string of the molecule is Cc1nc2c(s1)CN(C(=O)Cc1nc(-c3ccc(F)cc3C)ccc1N)C2. The van der Waals surface area contributed by atoms with Crippen LogP contribution in [0.1, 0.15) is 26.8 Å². The highest BCUT2D eigenvalue weighted by Crippen LogP contribution is 2.29. The maximum absolute atomic E-state index is 13.4. The highest BCUT2D eigenvalue weighted by molar-refractivity contribution is 7.11. The number of rotatable bonds is 3. The fourth-order valence-corrected chi connectivity index (χ4v) is 4.28. The maximum Gasteiger partial charge on any atom is 0.229 e. The molecule has 1 aromatic carbocycles. The van der Waals surface area contributed by atoms with Crippen LogP contribution in [0.2, 0.25) is 0 Å². The van der Waals surface area contributed by atoms with Gasteiger partial charge < -0.3 is 10.6 Å². The highest BCUT2D eigenvalue weighted by atomic mass is 32.1. The molecule has 2 N–H and O–H groups in total. The number of aryl methyl sites for hydroxylation is 2. The van der Waals surface area contributed by atoms with E-state index < -0.39 is 0 Å². The number of amides is 1. The van der Waals surface area contributed by atoms with Crippen molar-refractivity contribution in [1.29, 1.82) is 0 Å². The summed E-state index contributed by atoms with van der Waals surface area (Å²) in [7, 11) is 0. The Kier molecular flexibility index (Phi) is 4.39. The van der Waals surface area contributed by atoms with Crippen LogP contribution in [0.25, 0.3) is 11.3 Å². The van der Waals surface area contributed by atoms with Crippen LogP contribution in [0.15, 0.2) is 30.3 Å². The molecule has 7 heteroatoms. The summed E-state index contributed by atoms with van der Waals surface area (Å²) in [5.41, 5.74) is 10.4. The lowest BCUT2D eigenvalue weighted by Gasteiger charge is -2.16. The molecule has 5 nitrogen and oxygen atoms in total. The quantitative estimate of drug-likeness (QED) is 0.751. The summed E-state index contributed by atoms with van der Waals surface area (Å²) in [6.45, 7) is 4.94. The van der Waals surface area contributed by atoms with Crippen molar-refractivity contribution in [2.45, 2.75) is 33.4 Å². The first kappa shape index (κ1) is 17.6. The first-order valence-corrected chi connectivity index (χ1v) is 9.47. The van der Waals surface area contributed by atoms with E-state index >= 15 is 0 Å². The molecule has 3 heterocycles. The third-order valence-corrected chi connectivity index (χ3v) is 5.70. The zero-order valence-corrected chi connectivity index (χ0v) is 15.9. The predicted octanol–water partition coefficient (Wildman–Crippen LogP) is 3.63. The Bertz CT molecular complexity index is 1020. The summed E-state index contributed by atoms with van der Waals surface area (Å²) < 4.78 is 13.4. The number of aromatic nitrogens is 2. The largest absolute Gasteiger partial charge is 0.397 e. The number of halogens is 1. The van der Waals surface area contributed by atoms with Gasteiger partial charge in [0.25, 0.3) is 0 Å². The molecule has 0 unspecified atom stereocenters. The van der Waals surface area contributed by atoms with Crippen LogP contribution in [-0.2, 0) is 24.3 Å². The number of nitrogens with zero attached hydrogens (tertiary/aromatic N) is 3. The normalized spacial score (nSPS) is 13.1. The molecule has 1 amide bonds. The molecule has 0 saturated heterocycles. The summed E-state index contributed by atoms with van der Waals surface area (Å²) in [5, 5.41) is 1.03. The molecule has 27 heavy (non-hydrogen) atoms. The molecule has 0 aliphatic carbocycles. The standard InChI is InChI=1S/C20H19FN4OS/c1-11-7-13(21)3-4-14(11)16-6-5-15(22)17(24-16)8-20(26)25-9-18-19(10-25)27-12(2)23-18/h3-7H,8-10,22H2,1-2H3. The van der Waals surface area contributed by atoms with Crippen LogP contribution in [0.3, 0.4) is 0 Å². The number of carbonyl (C=O) groups excluding carboxylic acids is 1. The van der Waals surface area contributed by atoms with Crippen LogP contribution in [0, 0.1) is 19.7 Å². The van der Waals surface area contributed by atoms with Crippen LogP contribution in [0.5, 0.6) is 0 Å². The van der Waals surface area contributed by atoms with Gasteiger partial charge in [0, 0.05) is 10.4 Å². The Morgan fingerprint density at radius 3 is 2.78 bits per heavy atom. The zero-order valence-electron chi connectivity index (χ0n) is 15.1. The van der Waals surface area contributed by atoms with E-state index in [0.29, 0.717) is 30.2 Å². The van der Waals surface area contributed by atoms with E-state index in [1.165, 1.54) is 12.1 Å². The van der Waals surface area contributed by atoms with E-state index in [2.05, 4.69) is 9.97 Å². The first-order chi connectivity index (χ1) is 12.9. The number of hydrogen-bond donors (Lipinski definition) is 1. The lowest BCUT2D eigenvalue weighted by molar-refractivity contribution is -0.131. The number of fused-ring (bicyclic) bond motifs is 1. The molecule has 0 saturated carbocycles. The minimum absolute atomic E-state index is 0.0231. The molecule has 1 aliphatic heterocycles. The molecular formula is C20H19FN4OS. The van der Waals surface area contributed by atoms with Crippen LogP contribution < -0.4 is 5.73 Å². The number of anilines is 1. The van der Waals surface area contributed by atoms with Gasteiger partial charge in [-0.15, -0.1) is 11.3 Å². The molecule has 0 fully saturated rings. The van der Waals surface area contributed by atoms with Crippen molar-refractivity contribution in [1.82, 2.24) is 14.9 Å². The van der Waals surface area contributed by atoms with Crippen LogP contribution in [0.4, 0.5) is 10.1 Å². The van der Waals surface area contributed by atoms with Gasteiger partial charge in [0.2, 0.25) is 5.91 Å². The van der Waals surface area contributed by atoms with Gasteiger partial charge in [-0.3, -0.25) is 9.78 Å². The molecular weight excluding hydrogens is 363 g/mol. The minimum atomic E-state index is -0.285. The van der Waals surface area contributed by atoms with E-state index in [9.17, 15) is 9.18 Å². The number of nitrogens with two attached hydrogens (primary N) is 1. The fourth-order valence-electron chi connectivity index (χ4n) is 3.32. The predicted molar refractivity (Wildman–Crippen MR) is 104 cm³/mol. The van der Waals surface area contributed by atoms with Crippen molar-refractivity contribution in [2.75, 3.05) is 5.73 Å². The van der Waals surface area contributed by atoms with E-state index in [1.807, 2.05) is 13.8 Å². The molecule has 3 aromatic rings. The van der Waals surface area contributed by atoms with Gasteiger partial charge in [-0.2, -0.15) is 0 Å². The van der Waals surface area contributed by atoms with Crippen molar-refractivity contribution < 1.29 is 9.18 Å². The second-order valence-electron chi connectivity index (χ2n) is 6.72. The fraction of sp³-hybridized carbons (Fsp3) is 0.250. The number of nitrogen functional groups attached to an aromatic ring is 1. The first-order valence-electron chi connectivity index (χ1n) is 8.65. The molecule has 1 aliphatic rings. The lowest BCUT2D eigenvalue weighted by Crippen LogP contribution is -2.27.